The van der Waals surface area contributed by atoms with Crippen LogP contribution >= 0.6 is 0 Å². The van der Waals surface area contributed by atoms with E-state index >= 15 is 0 Å². The molecule has 1 heterocycles. The molecule has 3 rings (SSSR count). The van der Waals surface area contributed by atoms with Gasteiger partial charge in [0.1, 0.15) is 5.75 Å². The van der Waals surface area contributed by atoms with E-state index in [1.54, 1.807) is 0 Å². The lowest BCUT2D eigenvalue weighted by atomic mass is 9.99. The highest BCUT2D eigenvalue weighted by atomic mass is 16.5. The summed E-state index contributed by atoms with van der Waals surface area (Å²) >= 11 is 0. The van der Waals surface area contributed by atoms with Crippen molar-refractivity contribution in [2.24, 2.45) is 0 Å². The summed E-state index contributed by atoms with van der Waals surface area (Å²) in [4.78, 5) is 0. The molecule has 0 saturated heterocycles. The van der Waals surface area contributed by atoms with Gasteiger partial charge < -0.3 is 10.1 Å². The number of ether oxygens (including phenoxy) is 1. The lowest BCUT2D eigenvalue weighted by molar-refractivity contribution is 0.255. The summed E-state index contributed by atoms with van der Waals surface area (Å²) in [6, 6.07) is 18.9. The van der Waals surface area contributed by atoms with Crippen LogP contribution in [0.15, 0.2) is 61.2 Å². The van der Waals surface area contributed by atoms with E-state index in [1.807, 2.05) is 30.3 Å². The Labute approximate surface area is 120 Å². The fourth-order valence-electron chi connectivity index (χ4n) is 2.58. The van der Waals surface area contributed by atoms with E-state index in [9.17, 15) is 0 Å². The van der Waals surface area contributed by atoms with Crippen LogP contribution in [0.5, 0.6) is 5.75 Å². The number of fused-ring (bicyclic) bond motifs is 1. The number of hydrogen-bond acceptors (Lipinski definition) is 2. The first kappa shape index (κ1) is 12.9. The highest BCUT2D eigenvalue weighted by molar-refractivity contribution is 5.64. The molecular formula is C18H19NO. The second kappa shape index (κ2) is 5.93. The van der Waals surface area contributed by atoms with E-state index in [0.717, 1.165) is 30.9 Å². The lowest BCUT2D eigenvalue weighted by Crippen LogP contribution is -2.28. The number of nitrogens with one attached hydrogen (secondary N) is 1. The van der Waals surface area contributed by atoms with Crippen molar-refractivity contribution in [2.75, 3.05) is 13.2 Å². The summed E-state index contributed by atoms with van der Waals surface area (Å²) in [5.41, 5.74) is 3.56. The quantitative estimate of drug-likeness (QED) is 0.907. The molecule has 2 heteroatoms. The van der Waals surface area contributed by atoms with Crippen molar-refractivity contribution in [3.05, 3.63) is 72.3 Å². The van der Waals surface area contributed by atoms with Crippen molar-refractivity contribution >= 4 is 5.57 Å². The minimum absolute atomic E-state index is 0.348. The lowest BCUT2D eigenvalue weighted by Gasteiger charge is -2.27. The number of benzene rings is 2. The molecule has 0 radical (unpaired) electrons. The van der Waals surface area contributed by atoms with Gasteiger partial charge in [0.15, 0.2) is 0 Å². The maximum atomic E-state index is 5.68. The summed E-state index contributed by atoms with van der Waals surface area (Å²) in [5, 5.41) is 3.60. The van der Waals surface area contributed by atoms with Gasteiger partial charge in [-0.25, -0.2) is 0 Å². The molecule has 0 bridgehead atoms. The molecule has 20 heavy (non-hydrogen) atoms. The third-order valence-electron chi connectivity index (χ3n) is 3.70. The summed E-state index contributed by atoms with van der Waals surface area (Å²) in [7, 11) is 0. The van der Waals surface area contributed by atoms with Crippen molar-refractivity contribution in [1.82, 2.24) is 5.32 Å². The van der Waals surface area contributed by atoms with Gasteiger partial charge in [0.25, 0.3) is 0 Å². The molecule has 2 nitrogen and oxygen atoms in total. The van der Waals surface area contributed by atoms with Gasteiger partial charge in [-0.2, -0.15) is 0 Å². The standard InChI is InChI=1S/C18H19NO/c1-14(15-7-3-2-4-8-15)13-19-17-11-12-20-18-10-6-5-9-16(17)18/h2-10,17,19H,1,11-13H2. The van der Waals surface area contributed by atoms with Crippen molar-refractivity contribution < 1.29 is 4.74 Å². The third-order valence-corrected chi connectivity index (χ3v) is 3.70. The molecule has 0 fully saturated rings. The Morgan fingerprint density at radius 1 is 1.10 bits per heavy atom. The highest BCUT2D eigenvalue weighted by Gasteiger charge is 2.20. The van der Waals surface area contributed by atoms with Crippen LogP contribution in [-0.4, -0.2) is 13.2 Å². The Balaban J connectivity index is 1.67. The summed E-state index contributed by atoms with van der Waals surface area (Å²) in [5.74, 6) is 1.00. The van der Waals surface area contributed by atoms with E-state index in [4.69, 9.17) is 4.74 Å². The molecule has 0 aliphatic carbocycles. The minimum Gasteiger partial charge on any atom is -0.493 e. The van der Waals surface area contributed by atoms with Gasteiger partial charge in [-0.3, -0.25) is 0 Å². The number of hydrogen-bond donors (Lipinski definition) is 1. The van der Waals surface area contributed by atoms with Crippen LogP contribution in [0.25, 0.3) is 5.57 Å². The summed E-state index contributed by atoms with van der Waals surface area (Å²) in [6.07, 6.45) is 0.999. The molecule has 2 aromatic carbocycles. The van der Waals surface area contributed by atoms with E-state index in [-0.39, 0.29) is 0 Å². The first-order chi connectivity index (χ1) is 9.84. The van der Waals surface area contributed by atoms with Gasteiger partial charge in [0.05, 0.1) is 6.61 Å². The average Bonchev–Trinajstić information content (AvgIpc) is 2.53. The fourth-order valence-corrected chi connectivity index (χ4v) is 2.58. The van der Waals surface area contributed by atoms with Gasteiger partial charge in [-0.1, -0.05) is 55.1 Å². The average molecular weight is 265 g/mol. The van der Waals surface area contributed by atoms with Crippen molar-refractivity contribution in [1.29, 1.82) is 0 Å². The summed E-state index contributed by atoms with van der Waals surface area (Å²) in [6.45, 7) is 5.74. The first-order valence-corrected chi connectivity index (χ1v) is 7.03. The smallest absolute Gasteiger partial charge is 0.124 e. The molecule has 0 amide bonds. The first-order valence-electron chi connectivity index (χ1n) is 7.03. The number of rotatable bonds is 4. The Bertz CT molecular complexity index is 591. The molecule has 1 atom stereocenters. The Hall–Kier alpha value is -2.06. The molecule has 1 N–H and O–H groups in total. The normalized spacial score (nSPS) is 17.1. The zero-order valence-corrected chi connectivity index (χ0v) is 11.5. The van der Waals surface area contributed by atoms with Crippen LogP contribution in [0.4, 0.5) is 0 Å². The largest absolute Gasteiger partial charge is 0.493 e. The topological polar surface area (TPSA) is 21.3 Å². The highest BCUT2D eigenvalue weighted by Crippen LogP contribution is 2.31. The van der Waals surface area contributed by atoms with Crippen LogP contribution < -0.4 is 10.1 Å². The Morgan fingerprint density at radius 3 is 2.70 bits per heavy atom. The van der Waals surface area contributed by atoms with E-state index < -0.39 is 0 Å². The molecule has 2 aromatic rings. The van der Waals surface area contributed by atoms with Gasteiger partial charge in [0.2, 0.25) is 0 Å². The Morgan fingerprint density at radius 2 is 1.85 bits per heavy atom. The SMILES string of the molecule is C=C(CNC1CCOc2ccccc21)c1ccccc1. The molecule has 0 spiro atoms. The predicted octanol–water partition coefficient (Wildman–Crippen LogP) is 3.81. The monoisotopic (exact) mass is 265 g/mol. The van der Waals surface area contributed by atoms with Gasteiger partial charge in [-0.05, 0) is 17.2 Å². The fraction of sp³-hybridized carbons (Fsp3) is 0.222. The molecule has 0 aromatic heterocycles. The van der Waals surface area contributed by atoms with Gasteiger partial charge in [-0.15, -0.1) is 0 Å². The van der Waals surface area contributed by atoms with Gasteiger partial charge >= 0.3 is 0 Å². The van der Waals surface area contributed by atoms with Crippen LogP contribution in [0.3, 0.4) is 0 Å². The van der Waals surface area contributed by atoms with E-state index in [0.29, 0.717) is 6.04 Å². The maximum Gasteiger partial charge on any atom is 0.124 e. The molecule has 0 saturated carbocycles. The van der Waals surface area contributed by atoms with E-state index in [1.165, 1.54) is 11.1 Å². The second-order valence-corrected chi connectivity index (χ2v) is 5.08. The summed E-state index contributed by atoms with van der Waals surface area (Å²) < 4.78 is 5.68. The van der Waals surface area contributed by atoms with Gasteiger partial charge in [0, 0.05) is 24.6 Å². The van der Waals surface area contributed by atoms with Crippen molar-refractivity contribution in [3.8, 4) is 5.75 Å². The molecule has 1 unspecified atom stereocenters. The third kappa shape index (κ3) is 2.75. The zero-order chi connectivity index (χ0) is 13.8. The predicted molar refractivity (Wildman–Crippen MR) is 82.8 cm³/mol. The van der Waals surface area contributed by atoms with Crippen LogP contribution in [0.2, 0.25) is 0 Å². The molecular weight excluding hydrogens is 246 g/mol. The molecule has 1 aliphatic rings. The maximum absolute atomic E-state index is 5.68. The van der Waals surface area contributed by atoms with E-state index in [2.05, 4.69) is 36.2 Å². The van der Waals surface area contributed by atoms with Crippen LogP contribution in [0, 0.1) is 0 Å². The zero-order valence-electron chi connectivity index (χ0n) is 11.5. The minimum atomic E-state index is 0.348. The van der Waals surface area contributed by atoms with Crippen LogP contribution in [-0.2, 0) is 0 Å². The number of para-hydroxylation sites is 1. The second-order valence-electron chi connectivity index (χ2n) is 5.08. The van der Waals surface area contributed by atoms with Crippen molar-refractivity contribution in [3.63, 3.8) is 0 Å². The molecule has 102 valence electrons. The van der Waals surface area contributed by atoms with Crippen molar-refractivity contribution in [2.45, 2.75) is 12.5 Å². The molecule has 1 aliphatic heterocycles. The van der Waals surface area contributed by atoms with Crippen LogP contribution in [0.1, 0.15) is 23.6 Å². The Kier molecular flexibility index (Phi) is 3.84.